The van der Waals surface area contributed by atoms with E-state index in [4.69, 9.17) is 10.2 Å². The van der Waals surface area contributed by atoms with Crippen molar-refractivity contribution < 1.29 is 8.81 Å². The van der Waals surface area contributed by atoms with E-state index in [0.29, 0.717) is 18.9 Å². The van der Waals surface area contributed by atoms with Crippen molar-refractivity contribution in [3.05, 3.63) is 17.8 Å². The van der Waals surface area contributed by atoms with Crippen LogP contribution < -0.4 is 5.73 Å². The van der Waals surface area contributed by atoms with Crippen LogP contribution in [0.25, 0.3) is 0 Å². The van der Waals surface area contributed by atoms with Crippen molar-refractivity contribution in [2.75, 3.05) is 6.54 Å². The molecule has 0 aliphatic heterocycles. The van der Waals surface area contributed by atoms with E-state index in [1.54, 1.807) is 0 Å². The molecule has 0 atom stereocenters. The summed E-state index contributed by atoms with van der Waals surface area (Å²) >= 11 is 0. The minimum absolute atomic E-state index is 0.277. The lowest BCUT2D eigenvalue weighted by atomic mass is 10.1. The summed E-state index contributed by atoms with van der Waals surface area (Å²) in [7, 11) is 0. The Kier molecular flexibility index (Phi) is 3.03. The highest BCUT2D eigenvalue weighted by molar-refractivity contribution is 5.03. The highest BCUT2D eigenvalue weighted by atomic mass is 19.1. The van der Waals surface area contributed by atoms with E-state index in [1.165, 1.54) is 20.0 Å². The molecule has 0 unspecified atom stereocenters. The van der Waals surface area contributed by atoms with Crippen molar-refractivity contribution in [2.45, 2.75) is 32.4 Å². The van der Waals surface area contributed by atoms with Gasteiger partial charge in [0.1, 0.15) is 0 Å². The Morgan fingerprint density at radius 3 is 2.77 bits per heavy atom. The Morgan fingerprint density at radius 2 is 2.31 bits per heavy atom. The maximum absolute atomic E-state index is 13.3. The van der Waals surface area contributed by atoms with E-state index < -0.39 is 5.67 Å². The predicted molar refractivity (Wildman–Crippen MR) is 48.0 cm³/mol. The third-order valence-electron chi connectivity index (χ3n) is 1.73. The molecule has 1 heterocycles. The first-order valence-corrected chi connectivity index (χ1v) is 4.38. The predicted octanol–water partition coefficient (Wildman–Crippen LogP) is 1.77. The highest BCUT2D eigenvalue weighted by Gasteiger charge is 2.23. The van der Waals surface area contributed by atoms with Crippen molar-refractivity contribution in [1.29, 1.82) is 0 Å². The first-order chi connectivity index (χ1) is 6.04. The number of nitrogens with zero attached hydrogens (tertiary/aromatic N) is 1. The first-order valence-electron chi connectivity index (χ1n) is 4.38. The van der Waals surface area contributed by atoms with Crippen LogP contribution in [0.1, 0.15) is 31.9 Å². The summed E-state index contributed by atoms with van der Waals surface area (Å²) < 4.78 is 18.5. The van der Waals surface area contributed by atoms with Crippen LogP contribution in [0, 0.1) is 0 Å². The molecule has 4 heteroatoms. The Labute approximate surface area is 77.1 Å². The van der Waals surface area contributed by atoms with Gasteiger partial charge < -0.3 is 10.2 Å². The SMILES string of the molecule is CC(C)(F)c1cnc(CCCN)o1. The van der Waals surface area contributed by atoms with Gasteiger partial charge in [0, 0.05) is 6.42 Å². The summed E-state index contributed by atoms with van der Waals surface area (Å²) in [5.74, 6) is 0.839. The quantitative estimate of drug-likeness (QED) is 0.779. The zero-order chi connectivity index (χ0) is 9.90. The zero-order valence-electron chi connectivity index (χ0n) is 8.01. The van der Waals surface area contributed by atoms with Crippen molar-refractivity contribution >= 4 is 0 Å². The minimum Gasteiger partial charge on any atom is -0.442 e. The average molecular weight is 186 g/mol. The number of aromatic nitrogens is 1. The smallest absolute Gasteiger partial charge is 0.194 e. The lowest BCUT2D eigenvalue weighted by molar-refractivity contribution is 0.175. The Bertz CT molecular complexity index is 265. The number of hydrogen-bond acceptors (Lipinski definition) is 3. The van der Waals surface area contributed by atoms with Gasteiger partial charge in [-0.1, -0.05) is 0 Å². The lowest BCUT2D eigenvalue weighted by Crippen LogP contribution is -2.07. The highest BCUT2D eigenvalue weighted by Crippen LogP contribution is 2.25. The number of alkyl halides is 1. The van der Waals surface area contributed by atoms with Crippen LogP contribution in [-0.2, 0) is 12.1 Å². The van der Waals surface area contributed by atoms with E-state index >= 15 is 0 Å². The fraction of sp³-hybridized carbons (Fsp3) is 0.667. The summed E-state index contributed by atoms with van der Waals surface area (Å²) in [6.07, 6.45) is 2.92. The van der Waals surface area contributed by atoms with Gasteiger partial charge in [0.2, 0.25) is 0 Å². The van der Waals surface area contributed by atoms with E-state index in [9.17, 15) is 4.39 Å². The van der Waals surface area contributed by atoms with Gasteiger partial charge >= 0.3 is 0 Å². The number of hydrogen-bond donors (Lipinski definition) is 1. The molecule has 2 N–H and O–H groups in total. The van der Waals surface area contributed by atoms with Crippen molar-refractivity contribution in [2.24, 2.45) is 5.73 Å². The molecule has 74 valence electrons. The maximum atomic E-state index is 13.3. The summed E-state index contributed by atoms with van der Waals surface area (Å²) in [5.41, 5.74) is 3.88. The molecule has 0 fully saturated rings. The van der Waals surface area contributed by atoms with Gasteiger partial charge in [0.15, 0.2) is 17.3 Å². The molecule has 3 nitrogen and oxygen atoms in total. The van der Waals surface area contributed by atoms with Gasteiger partial charge in [-0.25, -0.2) is 9.37 Å². The fourth-order valence-electron chi connectivity index (χ4n) is 0.954. The van der Waals surface area contributed by atoms with Gasteiger partial charge in [-0.15, -0.1) is 0 Å². The average Bonchev–Trinajstić information content (AvgIpc) is 2.47. The zero-order valence-corrected chi connectivity index (χ0v) is 8.01. The Hall–Kier alpha value is -0.900. The second kappa shape index (κ2) is 3.87. The van der Waals surface area contributed by atoms with Crippen LogP contribution in [-0.4, -0.2) is 11.5 Å². The molecule has 0 aliphatic carbocycles. The minimum atomic E-state index is -1.45. The monoisotopic (exact) mass is 186 g/mol. The number of aryl methyl sites for hydroxylation is 1. The summed E-state index contributed by atoms with van der Waals surface area (Å²) in [4.78, 5) is 3.96. The third-order valence-corrected chi connectivity index (χ3v) is 1.73. The molecule has 1 aromatic heterocycles. The topological polar surface area (TPSA) is 52.0 Å². The molecule has 0 saturated carbocycles. The van der Waals surface area contributed by atoms with E-state index in [-0.39, 0.29) is 5.76 Å². The lowest BCUT2D eigenvalue weighted by Gasteiger charge is -2.08. The van der Waals surface area contributed by atoms with Crippen molar-refractivity contribution in [1.82, 2.24) is 4.98 Å². The number of oxazole rings is 1. The molecule has 0 aliphatic rings. The number of nitrogens with two attached hydrogens (primary N) is 1. The summed E-state index contributed by atoms with van der Waals surface area (Å²) in [6, 6.07) is 0. The Balaban J connectivity index is 2.64. The molecule has 1 rings (SSSR count). The van der Waals surface area contributed by atoms with E-state index in [0.717, 1.165) is 6.42 Å². The van der Waals surface area contributed by atoms with E-state index in [1.807, 2.05) is 0 Å². The Morgan fingerprint density at radius 1 is 1.62 bits per heavy atom. The third kappa shape index (κ3) is 2.81. The first kappa shape index (κ1) is 10.2. The molecule has 0 amide bonds. The van der Waals surface area contributed by atoms with Crippen LogP contribution >= 0.6 is 0 Å². The normalized spacial score (nSPS) is 12.0. The second-order valence-corrected chi connectivity index (χ2v) is 3.48. The molecular formula is C9H15FN2O. The second-order valence-electron chi connectivity index (χ2n) is 3.48. The van der Waals surface area contributed by atoms with Crippen molar-refractivity contribution in [3.63, 3.8) is 0 Å². The number of halogens is 1. The molecular weight excluding hydrogens is 171 g/mol. The van der Waals surface area contributed by atoms with Crippen LogP contribution in [0.2, 0.25) is 0 Å². The molecule has 13 heavy (non-hydrogen) atoms. The largest absolute Gasteiger partial charge is 0.442 e. The van der Waals surface area contributed by atoms with Gasteiger partial charge in [-0.05, 0) is 26.8 Å². The molecule has 0 aromatic carbocycles. The number of rotatable bonds is 4. The van der Waals surface area contributed by atoms with Crippen LogP contribution in [0.3, 0.4) is 0 Å². The standard InChI is InChI=1S/C9H15FN2O/c1-9(2,10)7-6-12-8(13-7)4-3-5-11/h6H,3-5,11H2,1-2H3. The molecule has 0 spiro atoms. The van der Waals surface area contributed by atoms with Gasteiger partial charge in [0.25, 0.3) is 0 Å². The van der Waals surface area contributed by atoms with Gasteiger partial charge in [-0.3, -0.25) is 0 Å². The summed E-state index contributed by atoms with van der Waals surface area (Å²) in [6.45, 7) is 3.48. The fourth-order valence-corrected chi connectivity index (χ4v) is 0.954. The molecule has 0 radical (unpaired) electrons. The molecule has 0 bridgehead atoms. The van der Waals surface area contributed by atoms with Gasteiger partial charge in [-0.2, -0.15) is 0 Å². The molecule has 1 aromatic rings. The van der Waals surface area contributed by atoms with Gasteiger partial charge in [0.05, 0.1) is 6.20 Å². The van der Waals surface area contributed by atoms with Crippen LogP contribution in [0.5, 0.6) is 0 Å². The van der Waals surface area contributed by atoms with Crippen LogP contribution in [0.15, 0.2) is 10.6 Å². The van der Waals surface area contributed by atoms with Crippen LogP contribution in [0.4, 0.5) is 4.39 Å². The maximum Gasteiger partial charge on any atom is 0.194 e. The van der Waals surface area contributed by atoms with Crippen molar-refractivity contribution in [3.8, 4) is 0 Å². The molecule has 0 saturated heterocycles. The summed E-state index contributed by atoms with van der Waals surface area (Å²) in [5, 5.41) is 0. The van der Waals surface area contributed by atoms with E-state index in [2.05, 4.69) is 4.98 Å².